The lowest BCUT2D eigenvalue weighted by molar-refractivity contribution is 0.418. The predicted octanol–water partition coefficient (Wildman–Crippen LogP) is 13.4. The molecule has 8 aromatic carbocycles. The van der Waals surface area contributed by atoms with E-state index in [4.69, 9.17) is 32.8 Å². The van der Waals surface area contributed by atoms with Gasteiger partial charge in [-0.1, -0.05) is 180 Å². The van der Waals surface area contributed by atoms with Crippen LogP contribution in [0.3, 0.4) is 0 Å². The average molecular weight is 868 g/mol. The van der Waals surface area contributed by atoms with Crippen LogP contribution in [-0.2, 0) is 17.2 Å². The van der Waals surface area contributed by atoms with Crippen LogP contribution in [0.15, 0.2) is 158 Å². The molecule has 3 heteroatoms. The number of hydrogen-bond acceptors (Lipinski definition) is 2. The van der Waals surface area contributed by atoms with E-state index in [-0.39, 0.29) is 73.1 Å². The van der Waals surface area contributed by atoms with E-state index in [2.05, 4.69) is 0 Å². The molecule has 0 unspecified atom stereocenters. The van der Waals surface area contributed by atoms with Crippen molar-refractivity contribution in [1.82, 2.24) is 0 Å². The summed E-state index contributed by atoms with van der Waals surface area (Å²) < 4.78 is 164. The van der Waals surface area contributed by atoms with Gasteiger partial charge >= 0.3 is 0 Å². The van der Waals surface area contributed by atoms with Crippen molar-refractivity contribution in [1.29, 1.82) is 0 Å². The van der Waals surface area contributed by atoms with Crippen molar-refractivity contribution < 1.29 is 32.8 Å². The van der Waals surface area contributed by atoms with Crippen molar-refractivity contribution in [2.24, 2.45) is 0 Å². The average Bonchev–Trinajstić information content (AvgIpc) is 2.59. The third-order valence-corrected chi connectivity index (χ3v) is 18.3. The molecule has 0 saturated carbocycles. The second-order valence-corrected chi connectivity index (χ2v) is 21.7. The Balaban J connectivity index is 1.34. The number of benzene rings is 8. The van der Waals surface area contributed by atoms with E-state index in [0.29, 0.717) is 38.2 Å². The van der Waals surface area contributed by atoms with Crippen LogP contribution < -0.4 is 30.2 Å². The Kier molecular flexibility index (Phi) is 6.34. The summed E-state index contributed by atoms with van der Waals surface area (Å²) in [5.74, 6) is 0.576. The Morgan fingerprint density at radius 2 is 0.906 bits per heavy atom. The van der Waals surface area contributed by atoms with Crippen LogP contribution in [0, 0.1) is 34.3 Å². The summed E-state index contributed by atoms with van der Waals surface area (Å²) in [5, 5.41) is 2.55. The van der Waals surface area contributed by atoms with Crippen molar-refractivity contribution in [3.63, 3.8) is 0 Å². The molecule has 2 aliphatic rings. The van der Waals surface area contributed by atoms with Gasteiger partial charge in [-0.2, -0.15) is 0 Å². The minimum Gasteiger partial charge on any atom is -0.456 e. The molecule has 0 spiro atoms. The Bertz CT molecular complexity index is 3540. The van der Waals surface area contributed by atoms with E-state index in [0.717, 1.165) is 10.4 Å². The highest BCUT2D eigenvalue weighted by Crippen LogP contribution is 2.54. The monoisotopic (exact) mass is 868 g/mol. The lowest BCUT2D eigenvalue weighted by atomic mass is 9.74. The normalized spacial score (nSPS) is 19.5. The maximum atomic E-state index is 9.09. The Labute approximate surface area is 405 Å². The van der Waals surface area contributed by atoms with Crippen LogP contribution in [0.1, 0.15) is 114 Å². The van der Waals surface area contributed by atoms with Crippen molar-refractivity contribution in [2.75, 3.05) is 0 Å². The van der Waals surface area contributed by atoms with Gasteiger partial charge in [0.2, 0.25) is 0 Å². The largest absolute Gasteiger partial charge is 0.456 e. The van der Waals surface area contributed by atoms with Gasteiger partial charge in [0.1, 0.15) is 23.0 Å². The summed E-state index contributed by atoms with van der Waals surface area (Å²) in [7, 11) is -4.05. The lowest BCUT2D eigenvalue weighted by Gasteiger charge is -2.38. The third-order valence-electron chi connectivity index (χ3n) is 13.5. The molecule has 0 bridgehead atoms. The summed E-state index contributed by atoms with van der Waals surface area (Å²) in [6.07, 6.45) is -1.78. The van der Waals surface area contributed by atoms with Gasteiger partial charge in [0.25, 0.3) is 0 Å². The molecule has 2 nitrogen and oxygen atoms in total. The van der Waals surface area contributed by atoms with Gasteiger partial charge in [0.15, 0.2) is 8.07 Å². The highest BCUT2D eigenvalue weighted by molar-refractivity contribution is 7.20. The summed E-state index contributed by atoms with van der Waals surface area (Å²) in [4.78, 5) is 0. The second kappa shape index (κ2) is 15.4. The molecule has 318 valence electrons. The zero-order valence-electron chi connectivity index (χ0n) is 53.3. The van der Waals surface area contributed by atoms with Crippen LogP contribution in [0.25, 0.3) is 22.3 Å². The fourth-order valence-electron chi connectivity index (χ4n) is 10.2. The molecule has 2 heterocycles. The minimum absolute atomic E-state index is 0.00602. The van der Waals surface area contributed by atoms with Gasteiger partial charge in [-0.25, -0.2) is 0 Å². The first-order valence-corrected chi connectivity index (χ1v) is 23.4. The van der Waals surface area contributed by atoms with Crippen LogP contribution in [0.5, 0.6) is 23.0 Å². The molecular weight excluding hydrogens is 793 g/mol. The maximum absolute atomic E-state index is 9.09. The number of rotatable bonds is 7. The van der Waals surface area contributed by atoms with E-state index in [1.165, 1.54) is 43.3 Å². The van der Waals surface area contributed by atoms with E-state index in [1.807, 2.05) is 88.4 Å². The summed E-state index contributed by atoms with van der Waals surface area (Å²) >= 11 is 0. The van der Waals surface area contributed by atoms with E-state index in [9.17, 15) is 0 Å². The Hall–Kier alpha value is -6.42. The van der Waals surface area contributed by atoms with Gasteiger partial charge in [-0.3, -0.25) is 0 Å². The van der Waals surface area contributed by atoms with Crippen molar-refractivity contribution >= 4 is 28.8 Å². The molecule has 64 heavy (non-hydrogen) atoms. The fourth-order valence-corrected chi connectivity index (χ4v) is 14.9. The van der Waals surface area contributed by atoms with Crippen LogP contribution in [0.2, 0.25) is 0 Å². The summed E-state index contributed by atoms with van der Waals surface area (Å²) in [6.45, 7) is -4.81. The zero-order valence-corrected chi connectivity index (χ0v) is 37.3. The quantitative estimate of drug-likeness (QED) is 0.117. The predicted molar refractivity (Wildman–Crippen MR) is 271 cm³/mol. The molecule has 0 atom stereocenters. The molecule has 0 N–H and O–H groups in total. The number of hydrogen-bond donors (Lipinski definition) is 0. The molecule has 0 aromatic heterocycles. The van der Waals surface area contributed by atoms with Gasteiger partial charge in [-0.15, -0.1) is 0 Å². The minimum atomic E-state index is -4.05. The smallest absolute Gasteiger partial charge is 0.179 e. The van der Waals surface area contributed by atoms with Crippen molar-refractivity contribution in [3.05, 3.63) is 213 Å². The second-order valence-electron chi connectivity index (χ2n) is 17.9. The Morgan fingerprint density at radius 1 is 0.453 bits per heavy atom. The van der Waals surface area contributed by atoms with Gasteiger partial charge in [0, 0.05) is 67.5 Å². The zero-order chi connectivity index (χ0) is 59.0. The van der Waals surface area contributed by atoms with Gasteiger partial charge < -0.3 is 9.47 Å². The highest BCUT2D eigenvalue weighted by atomic mass is 28.3. The molecule has 0 radical (unpaired) electrons. The van der Waals surface area contributed by atoms with Gasteiger partial charge in [-0.05, 0) is 118 Å². The molecule has 0 amide bonds. The fraction of sp³-hybridized carbons (Fsp3) is 0.213. The van der Waals surface area contributed by atoms with Crippen LogP contribution >= 0.6 is 0 Å². The van der Waals surface area contributed by atoms with Crippen LogP contribution in [-0.4, -0.2) is 8.07 Å². The SMILES string of the molecule is [2H]C([2H])([2H])c1ccc2c(c1)Oc1c(ccc(C([2H])([2H])[2H])c1-c1cc([Si](c3ccccc3)(c3ccccc3)c3ccc(C([2H])([2H])[2H])c(-c4c(C([2H])([2H])[2H])ccc5c4Oc4cc(C([2H])([2H])C)ccc4C5(C)C)c3)ccc1C([2H])([2H])[2H])C2(C)C. The molecular formula is C61H58O2Si. The molecule has 0 saturated heterocycles. The molecule has 2 aliphatic heterocycles. The Morgan fingerprint density at radius 3 is 1.38 bits per heavy atom. The maximum Gasteiger partial charge on any atom is 0.179 e. The first kappa shape index (κ1) is 26.4. The topological polar surface area (TPSA) is 18.5 Å². The molecule has 0 fully saturated rings. The number of aryl methyl sites for hydroxylation is 6. The standard InChI is InChI=1S/C61H58O2Si/c1-11-43-27-33-51-55(35-43)63-59-53(61(51,9)10)32-26-42(6)57(59)49-37-47(29-24-40(49)4)64(44-18-14-12-15-19-44,45-20-16-13-17-21-45)46-28-23-39(3)48(36-46)56-41(5)25-31-52-58(56)62-54-34-38(2)22-30-50(54)60(52,7)8/h12-37H,11H2,1-10H3/i2D3,3D3,4D3,5D3,6D3,11D2. The summed E-state index contributed by atoms with van der Waals surface area (Å²) in [6, 6.07) is 44.6. The van der Waals surface area contributed by atoms with E-state index in [1.54, 1.807) is 60.7 Å². The third kappa shape index (κ3) is 6.34. The molecule has 10 rings (SSSR count). The lowest BCUT2D eigenvalue weighted by Crippen LogP contribution is -2.74. The van der Waals surface area contributed by atoms with Crippen molar-refractivity contribution in [3.8, 4) is 45.3 Å². The van der Waals surface area contributed by atoms with Crippen molar-refractivity contribution in [2.45, 2.75) is 86.1 Å². The molecule has 0 aliphatic carbocycles. The number of fused-ring (bicyclic) bond motifs is 4. The van der Waals surface area contributed by atoms with Crippen LogP contribution in [0.4, 0.5) is 0 Å². The first-order valence-electron chi connectivity index (χ1n) is 29.9. The van der Waals surface area contributed by atoms with E-state index < -0.39 is 59.5 Å². The van der Waals surface area contributed by atoms with E-state index >= 15 is 0 Å². The first-order chi connectivity index (χ1) is 37.5. The highest BCUT2D eigenvalue weighted by Gasteiger charge is 2.44. The molecule has 8 aromatic rings. The van der Waals surface area contributed by atoms with Gasteiger partial charge in [0.05, 0.1) is 0 Å². The summed E-state index contributed by atoms with van der Waals surface area (Å²) in [5.41, 5.74) is 0.142. The number of ether oxygens (including phenoxy) is 2.